The van der Waals surface area contributed by atoms with Gasteiger partial charge in [-0.25, -0.2) is 9.83 Å². The summed E-state index contributed by atoms with van der Waals surface area (Å²) in [6.07, 6.45) is 1.47. The number of amides is 2. The number of hydrogen-bond acceptors (Lipinski definition) is 4. The molecule has 31 heavy (non-hydrogen) atoms. The molecule has 5 rings (SSSR count). The Balaban J connectivity index is 1.63. The van der Waals surface area contributed by atoms with Crippen molar-refractivity contribution < 1.29 is 9.59 Å². The van der Waals surface area contributed by atoms with Crippen LogP contribution >= 0.6 is 12.2 Å². The molecule has 0 atom stereocenters. The molecule has 0 aliphatic carbocycles. The smallest absolute Gasteiger partial charge is 0.261 e. The molecule has 150 valence electrons. The predicted octanol–water partition coefficient (Wildman–Crippen LogP) is 4.61. The number of nitrogens with one attached hydrogen (secondary N) is 1. The first-order chi connectivity index (χ1) is 15.1. The summed E-state index contributed by atoms with van der Waals surface area (Å²) in [4.78, 5) is 37.8. The van der Waals surface area contributed by atoms with E-state index in [1.165, 1.54) is 11.2 Å². The first kappa shape index (κ1) is 18.9. The molecule has 2 amide bonds. The first-order valence-corrected chi connectivity index (χ1v) is 10.0. The lowest BCUT2D eigenvalue weighted by molar-refractivity contribution is 0.0649. The molecule has 0 unspecified atom stereocenters. The highest BCUT2D eigenvalue weighted by molar-refractivity contribution is 7.71. The third-order valence-electron chi connectivity index (χ3n) is 5.42. The molecule has 7 nitrogen and oxygen atoms in total. The van der Waals surface area contributed by atoms with Crippen LogP contribution in [0.4, 0.5) is 5.69 Å². The third-order valence-corrected chi connectivity index (χ3v) is 5.71. The van der Waals surface area contributed by atoms with Crippen LogP contribution < -0.4 is 0 Å². The van der Waals surface area contributed by atoms with E-state index in [-0.39, 0.29) is 24.9 Å². The van der Waals surface area contributed by atoms with Gasteiger partial charge in [0.15, 0.2) is 4.64 Å². The second kappa shape index (κ2) is 7.31. The van der Waals surface area contributed by atoms with Crippen molar-refractivity contribution >= 4 is 40.8 Å². The second-order valence-corrected chi connectivity index (χ2v) is 7.45. The zero-order valence-corrected chi connectivity index (χ0v) is 17.0. The van der Waals surface area contributed by atoms with E-state index in [1.807, 2.05) is 34.9 Å². The SMILES string of the molecule is [C-]#[N+]c1c(-c2ccccc2)n(CCN2C(=O)c3ccccc3C2=O)c2c(=S)nc[nH]c12. The number of aromatic amines is 1. The Hall–Kier alpha value is -4.09. The number of carbonyl (C=O) groups excluding carboxylic acids is 2. The quantitative estimate of drug-likeness (QED) is 0.294. The van der Waals surface area contributed by atoms with Gasteiger partial charge in [-0.3, -0.25) is 14.5 Å². The van der Waals surface area contributed by atoms with Gasteiger partial charge in [0, 0.05) is 13.1 Å². The molecule has 1 aliphatic heterocycles. The molecule has 1 aliphatic rings. The number of nitrogens with zero attached hydrogens (tertiary/aromatic N) is 4. The minimum absolute atomic E-state index is 0.150. The summed E-state index contributed by atoms with van der Waals surface area (Å²) >= 11 is 5.46. The maximum Gasteiger partial charge on any atom is 0.261 e. The van der Waals surface area contributed by atoms with Crippen molar-refractivity contribution in [1.29, 1.82) is 0 Å². The number of hydrogen-bond donors (Lipinski definition) is 1. The highest BCUT2D eigenvalue weighted by Gasteiger charge is 2.35. The van der Waals surface area contributed by atoms with Gasteiger partial charge in [0.05, 0.1) is 40.8 Å². The Labute approximate surface area is 182 Å². The van der Waals surface area contributed by atoms with Gasteiger partial charge in [-0.15, -0.1) is 0 Å². The molecule has 0 bridgehead atoms. The Morgan fingerprint density at radius 1 is 0.968 bits per heavy atom. The molecule has 3 heterocycles. The Morgan fingerprint density at radius 3 is 2.26 bits per heavy atom. The van der Waals surface area contributed by atoms with Gasteiger partial charge in [0.2, 0.25) is 5.69 Å². The fraction of sp³-hybridized carbons (Fsp3) is 0.0870. The molecule has 1 N–H and O–H groups in total. The van der Waals surface area contributed by atoms with E-state index in [9.17, 15) is 9.59 Å². The monoisotopic (exact) mass is 425 g/mol. The molecule has 0 saturated heterocycles. The van der Waals surface area contributed by atoms with Crippen LogP contribution in [0.2, 0.25) is 0 Å². The molecule has 2 aromatic carbocycles. The van der Waals surface area contributed by atoms with E-state index < -0.39 is 0 Å². The minimum atomic E-state index is -0.313. The second-order valence-electron chi connectivity index (χ2n) is 7.07. The Bertz CT molecular complexity index is 1430. The van der Waals surface area contributed by atoms with E-state index in [1.54, 1.807) is 24.3 Å². The zero-order valence-electron chi connectivity index (χ0n) is 16.2. The number of carbonyl (C=O) groups is 2. The molecule has 0 radical (unpaired) electrons. The zero-order chi connectivity index (χ0) is 21.5. The maximum atomic E-state index is 12.8. The highest BCUT2D eigenvalue weighted by atomic mass is 32.1. The van der Waals surface area contributed by atoms with Gasteiger partial charge in [-0.1, -0.05) is 54.7 Å². The number of H-pyrrole nitrogens is 1. The number of rotatable bonds is 4. The van der Waals surface area contributed by atoms with Gasteiger partial charge in [-0.2, -0.15) is 0 Å². The normalized spacial score (nSPS) is 12.9. The topological polar surface area (TPSA) is 75.3 Å². The van der Waals surface area contributed by atoms with Crippen LogP contribution in [0.5, 0.6) is 0 Å². The summed E-state index contributed by atoms with van der Waals surface area (Å²) in [6.45, 7) is 8.20. The number of aromatic nitrogens is 3. The summed E-state index contributed by atoms with van der Waals surface area (Å²) < 4.78 is 2.23. The molecule has 0 fully saturated rings. The van der Waals surface area contributed by atoms with Crippen LogP contribution in [-0.2, 0) is 6.54 Å². The summed E-state index contributed by atoms with van der Waals surface area (Å²) in [5, 5.41) is 0. The van der Waals surface area contributed by atoms with Crippen LogP contribution in [0, 0.1) is 11.2 Å². The molecule has 4 aromatic rings. The van der Waals surface area contributed by atoms with Crippen molar-refractivity contribution in [3.8, 4) is 11.3 Å². The van der Waals surface area contributed by atoms with Crippen LogP contribution in [0.15, 0.2) is 60.9 Å². The van der Waals surface area contributed by atoms with E-state index in [0.717, 1.165) is 5.56 Å². The Kier molecular flexibility index (Phi) is 4.46. The highest BCUT2D eigenvalue weighted by Crippen LogP contribution is 2.39. The number of benzene rings is 2. The standard InChI is InChI=1S/C23H15N5O2S/c1-24-17-18-20(21(31)26-13-25-18)27(19(17)14-7-3-2-4-8-14)11-12-28-22(29)15-9-5-6-10-16(15)23(28)30/h2-10,13H,11-12H2,(H,25,26,31). The molecule has 0 saturated carbocycles. The van der Waals surface area contributed by atoms with Crippen LogP contribution in [0.1, 0.15) is 20.7 Å². The molecule has 0 spiro atoms. The largest absolute Gasteiger partial charge is 0.354 e. The average molecular weight is 425 g/mol. The predicted molar refractivity (Wildman–Crippen MR) is 118 cm³/mol. The van der Waals surface area contributed by atoms with Gasteiger partial charge < -0.3 is 9.55 Å². The maximum absolute atomic E-state index is 12.8. The van der Waals surface area contributed by atoms with Gasteiger partial charge in [0.1, 0.15) is 0 Å². The van der Waals surface area contributed by atoms with Gasteiger partial charge in [-0.05, 0) is 17.7 Å². The summed E-state index contributed by atoms with van der Waals surface area (Å²) in [6, 6.07) is 16.3. The van der Waals surface area contributed by atoms with Crippen molar-refractivity contribution in [3.63, 3.8) is 0 Å². The lowest BCUT2D eigenvalue weighted by atomic mass is 10.1. The number of imide groups is 1. The van der Waals surface area contributed by atoms with Gasteiger partial charge in [0.25, 0.3) is 11.8 Å². The lowest BCUT2D eigenvalue weighted by Gasteiger charge is -2.17. The van der Waals surface area contributed by atoms with Crippen molar-refractivity contribution in [2.24, 2.45) is 0 Å². The summed E-state index contributed by atoms with van der Waals surface area (Å²) in [5.41, 5.74) is 3.97. The van der Waals surface area contributed by atoms with Crippen LogP contribution in [0.3, 0.4) is 0 Å². The van der Waals surface area contributed by atoms with Gasteiger partial charge >= 0.3 is 0 Å². The van der Waals surface area contributed by atoms with E-state index >= 15 is 0 Å². The summed E-state index contributed by atoms with van der Waals surface area (Å²) in [7, 11) is 0. The van der Waals surface area contributed by atoms with Crippen molar-refractivity contribution in [2.45, 2.75) is 6.54 Å². The van der Waals surface area contributed by atoms with Crippen molar-refractivity contribution in [2.75, 3.05) is 6.54 Å². The molecular formula is C23H15N5O2S. The molecule has 2 aromatic heterocycles. The van der Waals surface area contributed by atoms with E-state index in [2.05, 4.69) is 14.8 Å². The molecular weight excluding hydrogens is 410 g/mol. The minimum Gasteiger partial charge on any atom is -0.354 e. The fourth-order valence-corrected chi connectivity index (χ4v) is 4.31. The molecule has 8 heteroatoms. The lowest BCUT2D eigenvalue weighted by Crippen LogP contribution is -2.33. The van der Waals surface area contributed by atoms with E-state index in [0.29, 0.717) is 38.2 Å². The van der Waals surface area contributed by atoms with Crippen LogP contribution in [-0.4, -0.2) is 37.8 Å². The van der Waals surface area contributed by atoms with Crippen molar-refractivity contribution in [1.82, 2.24) is 19.4 Å². The van der Waals surface area contributed by atoms with Crippen molar-refractivity contribution in [3.05, 3.63) is 88.1 Å². The number of fused-ring (bicyclic) bond motifs is 2. The third kappa shape index (κ3) is 2.86. The fourth-order valence-electron chi connectivity index (χ4n) is 4.04. The Morgan fingerprint density at radius 2 is 1.61 bits per heavy atom. The van der Waals surface area contributed by atoms with Crippen LogP contribution in [0.25, 0.3) is 27.1 Å². The average Bonchev–Trinajstić information content (AvgIpc) is 3.25. The van der Waals surface area contributed by atoms with E-state index in [4.69, 9.17) is 18.8 Å². The summed E-state index contributed by atoms with van der Waals surface area (Å²) in [5.74, 6) is -0.626. The first-order valence-electron chi connectivity index (χ1n) is 9.59.